The van der Waals surface area contributed by atoms with Crippen molar-refractivity contribution in [1.29, 1.82) is 0 Å². The first-order chi connectivity index (χ1) is 12.5. The van der Waals surface area contributed by atoms with Crippen LogP contribution in [0, 0.1) is 13.8 Å². The maximum absolute atomic E-state index is 12.6. The summed E-state index contributed by atoms with van der Waals surface area (Å²) in [7, 11) is 0. The second kappa shape index (κ2) is 6.38. The van der Waals surface area contributed by atoms with E-state index in [-0.39, 0.29) is 5.91 Å². The minimum atomic E-state index is -0.613. The summed E-state index contributed by atoms with van der Waals surface area (Å²) < 4.78 is 1.74. The number of benzene rings is 1. The molecule has 6 nitrogen and oxygen atoms in total. The Labute approximate surface area is 151 Å². The summed E-state index contributed by atoms with van der Waals surface area (Å²) in [5, 5.41) is 17.6. The maximum Gasteiger partial charge on any atom is 0.253 e. The highest BCUT2D eigenvalue weighted by Crippen LogP contribution is 2.31. The number of carbonyl (C=O) groups excluding carboxylic acids is 1. The molecule has 0 saturated heterocycles. The molecule has 132 valence electrons. The third-order valence-corrected chi connectivity index (χ3v) is 4.73. The van der Waals surface area contributed by atoms with Crippen LogP contribution in [0.3, 0.4) is 0 Å². The first kappa shape index (κ1) is 16.5. The van der Waals surface area contributed by atoms with Crippen LogP contribution in [0.5, 0.6) is 0 Å². The Balaban J connectivity index is 1.53. The number of rotatable bonds is 3. The Hall–Kier alpha value is -2.99. The largest absolute Gasteiger partial charge is 0.390 e. The summed E-state index contributed by atoms with van der Waals surface area (Å²) in [6.45, 7) is 3.89. The second-order valence-electron chi connectivity index (χ2n) is 6.67. The fraction of sp³-hybridized carbons (Fsp3) is 0.250. The monoisotopic (exact) mass is 348 g/mol. The van der Waals surface area contributed by atoms with E-state index in [9.17, 15) is 9.90 Å². The van der Waals surface area contributed by atoms with Gasteiger partial charge in [-0.2, -0.15) is 5.10 Å². The molecule has 1 aromatic carbocycles. The van der Waals surface area contributed by atoms with Crippen LogP contribution in [0.25, 0.3) is 5.82 Å². The molecule has 1 aliphatic carbocycles. The minimum Gasteiger partial charge on any atom is -0.390 e. The average molecular weight is 348 g/mol. The topological polar surface area (TPSA) is 80.0 Å². The van der Waals surface area contributed by atoms with Crippen LogP contribution < -0.4 is 5.32 Å². The summed E-state index contributed by atoms with van der Waals surface area (Å²) >= 11 is 0. The zero-order valence-electron chi connectivity index (χ0n) is 14.7. The molecule has 26 heavy (non-hydrogen) atoms. The summed E-state index contributed by atoms with van der Waals surface area (Å²) in [6, 6.07) is 12.9. The van der Waals surface area contributed by atoms with Gasteiger partial charge in [-0.3, -0.25) is 4.79 Å². The lowest BCUT2D eigenvalue weighted by Gasteiger charge is -2.18. The molecule has 0 spiro atoms. The van der Waals surface area contributed by atoms with Crippen molar-refractivity contribution in [3.8, 4) is 5.82 Å². The Morgan fingerprint density at radius 3 is 2.73 bits per heavy atom. The molecule has 2 heterocycles. The van der Waals surface area contributed by atoms with Crippen LogP contribution in [0.4, 0.5) is 0 Å². The number of fused-ring (bicyclic) bond motifs is 1. The summed E-state index contributed by atoms with van der Waals surface area (Å²) in [4.78, 5) is 16.9. The Morgan fingerprint density at radius 1 is 1.23 bits per heavy atom. The molecular weight excluding hydrogens is 328 g/mol. The molecule has 1 amide bonds. The molecule has 1 aliphatic rings. The van der Waals surface area contributed by atoms with Gasteiger partial charge in [-0.1, -0.05) is 24.3 Å². The van der Waals surface area contributed by atoms with E-state index in [0.717, 1.165) is 22.5 Å². The zero-order valence-corrected chi connectivity index (χ0v) is 14.7. The molecule has 0 fully saturated rings. The van der Waals surface area contributed by atoms with E-state index in [2.05, 4.69) is 15.4 Å². The van der Waals surface area contributed by atoms with Gasteiger partial charge in [0.05, 0.1) is 23.4 Å². The van der Waals surface area contributed by atoms with E-state index >= 15 is 0 Å². The van der Waals surface area contributed by atoms with Gasteiger partial charge in [0.15, 0.2) is 5.82 Å². The molecule has 2 N–H and O–H groups in total. The van der Waals surface area contributed by atoms with Gasteiger partial charge in [0.25, 0.3) is 5.91 Å². The fourth-order valence-electron chi connectivity index (χ4n) is 3.48. The molecule has 0 aliphatic heterocycles. The van der Waals surface area contributed by atoms with Gasteiger partial charge in [-0.05, 0) is 43.2 Å². The Morgan fingerprint density at radius 2 is 2.04 bits per heavy atom. The van der Waals surface area contributed by atoms with Gasteiger partial charge in [0, 0.05) is 18.3 Å². The van der Waals surface area contributed by atoms with Gasteiger partial charge < -0.3 is 10.4 Å². The number of aliphatic hydroxyl groups excluding tert-OH is 1. The molecule has 2 atom stereocenters. The lowest BCUT2D eigenvalue weighted by molar-refractivity contribution is 0.0858. The van der Waals surface area contributed by atoms with Crippen molar-refractivity contribution in [2.45, 2.75) is 32.4 Å². The van der Waals surface area contributed by atoms with Crippen LogP contribution in [-0.4, -0.2) is 31.9 Å². The molecule has 0 bridgehead atoms. The first-order valence-corrected chi connectivity index (χ1v) is 8.59. The standard InChI is InChI=1S/C20H20N4O2/c1-12-9-13(2)24(23-12)18-8-7-15(11-21-18)20(26)22-19-16-6-4-3-5-14(16)10-17(19)25/h3-9,11,17,19,25H,10H2,1-2H3,(H,22,26). The number of pyridine rings is 1. The number of amides is 1. The summed E-state index contributed by atoms with van der Waals surface area (Å²) in [6.07, 6.45) is 1.48. The lowest BCUT2D eigenvalue weighted by atomic mass is 10.1. The predicted octanol–water partition coefficient (Wildman–Crippen LogP) is 2.27. The van der Waals surface area contributed by atoms with Crippen molar-refractivity contribution in [1.82, 2.24) is 20.1 Å². The quantitative estimate of drug-likeness (QED) is 0.761. The van der Waals surface area contributed by atoms with Crippen LogP contribution in [-0.2, 0) is 6.42 Å². The summed E-state index contributed by atoms with van der Waals surface area (Å²) in [5.41, 5.74) is 4.40. The minimum absolute atomic E-state index is 0.252. The average Bonchev–Trinajstić information content (AvgIpc) is 3.14. The van der Waals surface area contributed by atoms with E-state index in [4.69, 9.17) is 0 Å². The molecule has 2 unspecified atom stereocenters. The number of hydrogen-bond donors (Lipinski definition) is 2. The van der Waals surface area contributed by atoms with Gasteiger partial charge >= 0.3 is 0 Å². The van der Waals surface area contributed by atoms with Crippen molar-refractivity contribution in [2.75, 3.05) is 0 Å². The molecule has 4 rings (SSSR count). The Bertz CT molecular complexity index is 962. The van der Waals surface area contributed by atoms with Gasteiger partial charge in [0.1, 0.15) is 0 Å². The number of aromatic nitrogens is 3. The second-order valence-corrected chi connectivity index (χ2v) is 6.67. The van der Waals surface area contributed by atoms with Crippen molar-refractivity contribution in [3.63, 3.8) is 0 Å². The van der Waals surface area contributed by atoms with Crippen LogP contribution in [0.1, 0.15) is 38.9 Å². The maximum atomic E-state index is 12.6. The molecule has 6 heteroatoms. The van der Waals surface area contributed by atoms with Crippen LogP contribution >= 0.6 is 0 Å². The number of hydrogen-bond acceptors (Lipinski definition) is 4. The van der Waals surface area contributed by atoms with Crippen LogP contribution in [0.2, 0.25) is 0 Å². The number of nitrogens with zero attached hydrogens (tertiary/aromatic N) is 3. The molecule has 3 aromatic rings. The highest BCUT2D eigenvalue weighted by Gasteiger charge is 2.32. The van der Waals surface area contributed by atoms with E-state index in [1.165, 1.54) is 6.20 Å². The fourth-order valence-corrected chi connectivity index (χ4v) is 3.48. The van der Waals surface area contributed by atoms with Crippen molar-refractivity contribution >= 4 is 5.91 Å². The highest BCUT2D eigenvalue weighted by molar-refractivity contribution is 5.94. The van der Waals surface area contributed by atoms with E-state index in [1.807, 2.05) is 44.2 Å². The predicted molar refractivity (Wildman–Crippen MR) is 97.2 cm³/mol. The number of carbonyl (C=O) groups is 1. The van der Waals surface area contributed by atoms with E-state index in [1.54, 1.807) is 16.8 Å². The van der Waals surface area contributed by atoms with Crippen molar-refractivity contribution in [2.24, 2.45) is 0 Å². The third kappa shape index (κ3) is 2.88. The summed E-state index contributed by atoms with van der Waals surface area (Å²) in [5.74, 6) is 0.413. The van der Waals surface area contributed by atoms with E-state index in [0.29, 0.717) is 17.8 Å². The zero-order chi connectivity index (χ0) is 18.3. The van der Waals surface area contributed by atoms with Crippen molar-refractivity contribution < 1.29 is 9.90 Å². The smallest absolute Gasteiger partial charge is 0.253 e. The third-order valence-electron chi connectivity index (χ3n) is 4.73. The highest BCUT2D eigenvalue weighted by atomic mass is 16.3. The number of aliphatic hydroxyl groups is 1. The first-order valence-electron chi connectivity index (χ1n) is 8.59. The van der Waals surface area contributed by atoms with Gasteiger partial charge in [-0.15, -0.1) is 0 Å². The molecular formula is C20H20N4O2. The SMILES string of the molecule is Cc1cc(C)n(-c2ccc(C(=O)NC3c4ccccc4CC3O)cn2)n1. The molecule has 2 aromatic heterocycles. The normalized spacial score (nSPS) is 18.6. The Kier molecular flexibility index (Phi) is 4.05. The van der Waals surface area contributed by atoms with E-state index < -0.39 is 12.1 Å². The van der Waals surface area contributed by atoms with Crippen molar-refractivity contribution in [3.05, 3.63) is 76.7 Å². The van der Waals surface area contributed by atoms with Gasteiger partial charge in [0.2, 0.25) is 0 Å². The number of nitrogens with one attached hydrogen (secondary N) is 1. The molecule has 0 saturated carbocycles. The van der Waals surface area contributed by atoms with Crippen LogP contribution in [0.15, 0.2) is 48.7 Å². The van der Waals surface area contributed by atoms with Gasteiger partial charge in [-0.25, -0.2) is 9.67 Å². The lowest BCUT2D eigenvalue weighted by Crippen LogP contribution is -2.33. The molecule has 0 radical (unpaired) electrons. The number of aryl methyl sites for hydroxylation is 2.